The maximum absolute atomic E-state index is 12.6. The van der Waals surface area contributed by atoms with E-state index in [1.165, 1.54) is 11.1 Å². The van der Waals surface area contributed by atoms with Crippen molar-refractivity contribution in [2.75, 3.05) is 6.54 Å². The molecule has 1 atom stereocenters. The normalized spacial score (nSPS) is 23.3. The van der Waals surface area contributed by atoms with Crippen LogP contribution in [0.1, 0.15) is 42.0 Å². The Bertz CT molecular complexity index is 757. The van der Waals surface area contributed by atoms with Crippen LogP contribution in [0.25, 0.3) is 0 Å². The highest BCUT2D eigenvalue weighted by Gasteiger charge is 2.36. The maximum atomic E-state index is 12.6. The van der Waals surface area contributed by atoms with E-state index in [0.29, 0.717) is 6.42 Å². The summed E-state index contributed by atoms with van der Waals surface area (Å²) in [5, 5.41) is 17.1. The van der Waals surface area contributed by atoms with Gasteiger partial charge in [0.2, 0.25) is 5.91 Å². The number of hydrogen-bond acceptors (Lipinski definition) is 4. The van der Waals surface area contributed by atoms with Crippen molar-refractivity contribution in [2.45, 2.75) is 44.5 Å². The van der Waals surface area contributed by atoms with E-state index in [9.17, 15) is 9.90 Å². The molecule has 1 aliphatic carbocycles. The van der Waals surface area contributed by atoms with Gasteiger partial charge in [0.1, 0.15) is 0 Å². The Kier molecular flexibility index (Phi) is 4.78. The van der Waals surface area contributed by atoms with Crippen molar-refractivity contribution in [1.29, 1.82) is 0 Å². The number of aliphatic hydroxyl groups excluding tert-OH is 1. The first-order valence-electron chi connectivity index (χ1n) is 9.33. The molecular formula is C20H26N4O2. The number of hydrogen-bond donors (Lipinski definition) is 2. The van der Waals surface area contributed by atoms with Crippen LogP contribution >= 0.6 is 0 Å². The summed E-state index contributed by atoms with van der Waals surface area (Å²) in [4.78, 5) is 14.9. The predicted molar refractivity (Wildman–Crippen MR) is 98.0 cm³/mol. The Morgan fingerprint density at radius 3 is 2.58 bits per heavy atom. The molecule has 0 spiro atoms. The second-order valence-electron chi connectivity index (χ2n) is 7.61. The molecular weight excluding hydrogens is 328 g/mol. The van der Waals surface area contributed by atoms with Crippen LogP contribution in [-0.4, -0.2) is 38.3 Å². The van der Waals surface area contributed by atoms with Crippen molar-refractivity contribution in [3.8, 4) is 0 Å². The lowest BCUT2D eigenvalue weighted by Crippen LogP contribution is -2.41. The Balaban J connectivity index is 1.32. The second kappa shape index (κ2) is 7.21. The first kappa shape index (κ1) is 17.2. The quantitative estimate of drug-likeness (QED) is 0.829. The summed E-state index contributed by atoms with van der Waals surface area (Å²) in [6.07, 6.45) is 5.49. The molecule has 2 N–H and O–H groups in total. The number of fused-ring (bicyclic) bond motifs is 1. The summed E-state index contributed by atoms with van der Waals surface area (Å²) < 4.78 is 1.75. The molecule has 0 unspecified atom stereocenters. The second-order valence-corrected chi connectivity index (χ2v) is 7.61. The molecule has 6 heteroatoms. The van der Waals surface area contributed by atoms with E-state index in [2.05, 4.69) is 39.6 Å². The van der Waals surface area contributed by atoms with Crippen LogP contribution in [0.5, 0.6) is 0 Å². The van der Waals surface area contributed by atoms with Gasteiger partial charge in [-0.25, -0.2) is 0 Å². The van der Waals surface area contributed by atoms with Crippen LogP contribution in [0.3, 0.4) is 0 Å². The third-order valence-corrected chi connectivity index (χ3v) is 5.58. The Hall–Kier alpha value is -2.18. The summed E-state index contributed by atoms with van der Waals surface area (Å²) in [5.41, 5.74) is 3.75. The molecule has 1 amide bonds. The lowest BCUT2D eigenvalue weighted by Gasteiger charge is -2.37. The van der Waals surface area contributed by atoms with Crippen molar-refractivity contribution in [1.82, 2.24) is 20.0 Å². The van der Waals surface area contributed by atoms with Gasteiger partial charge >= 0.3 is 0 Å². The molecule has 26 heavy (non-hydrogen) atoms. The summed E-state index contributed by atoms with van der Waals surface area (Å²) in [6.45, 7) is 2.60. The highest BCUT2D eigenvalue weighted by Crippen LogP contribution is 2.38. The first-order chi connectivity index (χ1) is 12.6. The standard InChI is InChI=1S/C20H26N4O2/c1-23-11-17(10-21-23)20(16-8-18(25)9-16)22-19(26)6-7-24-12-14-4-2-3-5-15(14)13-24/h2-5,10-11,16,18,20,25H,6-9,12-13H2,1H3,(H,22,26)/t16?,18?,20-/m1/s1. The van der Waals surface area contributed by atoms with Gasteiger partial charge in [-0.15, -0.1) is 0 Å². The van der Waals surface area contributed by atoms with Crippen LogP contribution in [0, 0.1) is 5.92 Å². The Morgan fingerprint density at radius 2 is 2.00 bits per heavy atom. The summed E-state index contributed by atoms with van der Waals surface area (Å²) >= 11 is 0. The number of nitrogens with one attached hydrogen (secondary N) is 1. The van der Waals surface area contributed by atoms with Gasteiger partial charge in [0.25, 0.3) is 0 Å². The average Bonchev–Trinajstić information content (AvgIpc) is 3.21. The van der Waals surface area contributed by atoms with Crippen molar-refractivity contribution >= 4 is 5.91 Å². The van der Waals surface area contributed by atoms with E-state index < -0.39 is 0 Å². The highest BCUT2D eigenvalue weighted by molar-refractivity contribution is 5.76. The minimum atomic E-state index is -0.237. The molecule has 2 aliphatic rings. The zero-order valence-electron chi connectivity index (χ0n) is 15.1. The van der Waals surface area contributed by atoms with Crippen molar-refractivity contribution < 1.29 is 9.90 Å². The fourth-order valence-electron chi connectivity index (χ4n) is 4.04. The van der Waals surface area contributed by atoms with Crippen LogP contribution in [0.15, 0.2) is 36.7 Å². The van der Waals surface area contributed by atoms with Gasteiger partial charge in [-0.1, -0.05) is 24.3 Å². The van der Waals surface area contributed by atoms with Gasteiger partial charge in [0.05, 0.1) is 18.3 Å². The third-order valence-electron chi connectivity index (χ3n) is 5.58. The lowest BCUT2D eigenvalue weighted by molar-refractivity contribution is -0.123. The summed E-state index contributed by atoms with van der Waals surface area (Å²) in [5.74, 6) is 0.352. The first-order valence-corrected chi connectivity index (χ1v) is 9.33. The van der Waals surface area contributed by atoms with Crippen LogP contribution in [0.4, 0.5) is 0 Å². The zero-order chi connectivity index (χ0) is 18.1. The van der Waals surface area contributed by atoms with Gasteiger partial charge in [-0.3, -0.25) is 14.4 Å². The number of carbonyl (C=O) groups is 1. The molecule has 0 bridgehead atoms. The molecule has 2 heterocycles. The SMILES string of the molecule is Cn1cc([C@H](NC(=O)CCN2Cc3ccccc3C2)C2CC(O)C2)cn1. The van der Waals surface area contributed by atoms with Gasteiger partial charge in [-0.2, -0.15) is 5.10 Å². The molecule has 1 aromatic heterocycles. The predicted octanol–water partition coefficient (Wildman–Crippen LogP) is 1.75. The molecule has 4 rings (SSSR count). The number of amides is 1. The van der Waals surface area contributed by atoms with Crippen LogP contribution < -0.4 is 5.32 Å². The fraction of sp³-hybridized carbons (Fsp3) is 0.500. The largest absolute Gasteiger partial charge is 0.393 e. The van der Waals surface area contributed by atoms with Gasteiger partial charge in [0, 0.05) is 44.9 Å². The topological polar surface area (TPSA) is 70.4 Å². The van der Waals surface area contributed by atoms with E-state index in [0.717, 1.165) is 38.0 Å². The van der Waals surface area contributed by atoms with Gasteiger partial charge in [0.15, 0.2) is 0 Å². The minimum Gasteiger partial charge on any atom is -0.393 e. The molecule has 1 aromatic carbocycles. The van der Waals surface area contributed by atoms with Gasteiger partial charge in [-0.05, 0) is 29.9 Å². The molecule has 1 fully saturated rings. The number of benzene rings is 1. The zero-order valence-corrected chi connectivity index (χ0v) is 15.1. The lowest BCUT2D eigenvalue weighted by atomic mass is 9.75. The van der Waals surface area contributed by atoms with E-state index in [-0.39, 0.29) is 24.0 Å². The van der Waals surface area contributed by atoms with E-state index in [1.54, 1.807) is 4.68 Å². The number of aryl methyl sites for hydroxylation is 1. The van der Waals surface area contributed by atoms with E-state index >= 15 is 0 Å². The Morgan fingerprint density at radius 1 is 1.31 bits per heavy atom. The van der Waals surface area contributed by atoms with Crippen molar-refractivity contribution in [3.63, 3.8) is 0 Å². The molecule has 0 saturated heterocycles. The molecule has 6 nitrogen and oxygen atoms in total. The summed E-state index contributed by atoms with van der Waals surface area (Å²) in [7, 11) is 1.88. The molecule has 1 aliphatic heterocycles. The molecule has 138 valence electrons. The number of carbonyl (C=O) groups excluding carboxylic acids is 1. The fourth-order valence-corrected chi connectivity index (χ4v) is 4.04. The smallest absolute Gasteiger partial charge is 0.221 e. The summed E-state index contributed by atoms with van der Waals surface area (Å²) in [6, 6.07) is 8.41. The monoisotopic (exact) mass is 354 g/mol. The molecule has 0 radical (unpaired) electrons. The maximum Gasteiger partial charge on any atom is 0.221 e. The molecule has 1 saturated carbocycles. The van der Waals surface area contributed by atoms with Crippen molar-refractivity contribution in [2.24, 2.45) is 13.0 Å². The number of aliphatic hydroxyl groups is 1. The molecule has 2 aromatic rings. The average molecular weight is 354 g/mol. The number of aromatic nitrogens is 2. The minimum absolute atomic E-state index is 0.0598. The Labute approximate surface area is 153 Å². The van der Waals surface area contributed by atoms with Gasteiger partial charge < -0.3 is 10.4 Å². The number of rotatable bonds is 6. The van der Waals surface area contributed by atoms with E-state index in [1.807, 2.05) is 19.4 Å². The third kappa shape index (κ3) is 3.66. The van der Waals surface area contributed by atoms with Crippen LogP contribution in [-0.2, 0) is 24.9 Å². The highest BCUT2D eigenvalue weighted by atomic mass is 16.3. The number of nitrogens with zero attached hydrogens (tertiary/aromatic N) is 3. The van der Waals surface area contributed by atoms with Crippen molar-refractivity contribution in [3.05, 3.63) is 53.3 Å². The van der Waals surface area contributed by atoms with Crippen LogP contribution in [0.2, 0.25) is 0 Å². The van der Waals surface area contributed by atoms with E-state index in [4.69, 9.17) is 0 Å².